The molecule has 0 bridgehead atoms. The van der Waals surface area contributed by atoms with Crippen LogP contribution in [0.1, 0.15) is 89.6 Å². The van der Waals surface area contributed by atoms with Crippen LogP contribution in [0.15, 0.2) is 69.5 Å². The Morgan fingerprint density at radius 2 is 0.868 bits per heavy atom. The van der Waals surface area contributed by atoms with Crippen molar-refractivity contribution in [3.8, 4) is 0 Å². The molecule has 0 spiro atoms. The first-order valence-corrected chi connectivity index (χ1v) is 15.0. The first-order chi connectivity index (χ1) is 18.7. The molecule has 0 N–H and O–H groups in total. The van der Waals surface area contributed by atoms with E-state index in [-0.39, 0.29) is 0 Å². The van der Waals surface area contributed by atoms with Gasteiger partial charge in [-0.25, -0.2) is 0 Å². The lowest BCUT2D eigenvalue weighted by molar-refractivity contribution is 0.524. The SMILES string of the molecule is CCCCCCCc1cc2cc3ccc4c5cc6oc(CCCCCCC)cc6cc5ccc4c3cc2o1. The van der Waals surface area contributed by atoms with Crippen LogP contribution in [-0.2, 0) is 12.8 Å². The van der Waals surface area contributed by atoms with Gasteiger partial charge >= 0.3 is 0 Å². The van der Waals surface area contributed by atoms with E-state index in [1.165, 1.54) is 107 Å². The lowest BCUT2D eigenvalue weighted by atomic mass is 9.96. The van der Waals surface area contributed by atoms with Gasteiger partial charge in [0, 0.05) is 23.6 Å². The molecule has 0 radical (unpaired) electrons. The van der Waals surface area contributed by atoms with Crippen molar-refractivity contribution < 1.29 is 8.83 Å². The second kappa shape index (κ2) is 11.2. The second-order valence-electron chi connectivity index (χ2n) is 11.2. The highest BCUT2D eigenvalue weighted by molar-refractivity contribution is 6.20. The van der Waals surface area contributed by atoms with Gasteiger partial charge in [0.15, 0.2) is 0 Å². The molecule has 38 heavy (non-hydrogen) atoms. The molecule has 196 valence electrons. The van der Waals surface area contributed by atoms with Gasteiger partial charge in [0.05, 0.1) is 0 Å². The summed E-state index contributed by atoms with van der Waals surface area (Å²) in [6.07, 6.45) is 14.9. The van der Waals surface area contributed by atoms with Crippen molar-refractivity contribution >= 4 is 54.3 Å². The highest BCUT2D eigenvalue weighted by Gasteiger charge is 2.12. The van der Waals surface area contributed by atoms with Gasteiger partial charge in [0.25, 0.3) is 0 Å². The van der Waals surface area contributed by atoms with Crippen molar-refractivity contribution in [1.29, 1.82) is 0 Å². The van der Waals surface area contributed by atoms with Crippen LogP contribution in [-0.4, -0.2) is 0 Å². The highest BCUT2D eigenvalue weighted by atomic mass is 16.3. The van der Waals surface area contributed by atoms with Crippen LogP contribution in [0.3, 0.4) is 0 Å². The van der Waals surface area contributed by atoms with Crippen LogP contribution in [0.5, 0.6) is 0 Å². The molecule has 2 nitrogen and oxygen atoms in total. The molecule has 0 aliphatic rings. The fourth-order valence-corrected chi connectivity index (χ4v) is 6.11. The maximum atomic E-state index is 6.32. The summed E-state index contributed by atoms with van der Waals surface area (Å²) < 4.78 is 12.6. The number of benzene rings is 4. The van der Waals surface area contributed by atoms with Crippen molar-refractivity contribution in [3.63, 3.8) is 0 Å². The Bertz CT molecular complexity index is 1570. The van der Waals surface area contributed by atoms with E-state index in [0.29, 0.717) is 0 Å². The van der Waals surface area contributed by atoms with Crippen LogP contribution in [0.4, 0.5) is 0 Å². The molecule has 2 heterocycles. The maximum Gasteiger partial charge on any atom is 0.134 e. The molecule has 0 atom stereocenters. The summed E-state index contributed by atoms with van der Waals surface area (Å²) in [5.74, 6) is 2.23. The summed E-state index contributed by atoms with van der Waals surface area (Å²) in [4.78, 5) is 0. The molecule has 6 aromatic rings. The van der Waals surface area contributed by atoms with E-state index in [2.05, 4.69) is 74.5 Å². The van der Waals surface area contributed by atoms with E-state index in [4.69, 9.17) is 8.83 Å². The Kier molecular flexibility index (Phi) is 7.40. The third-order valence-electron chi connectivity index (χ3n) is 8.26. The molecule has 0 aliphatic carbocycles. The van der Waals surface area contributed by atoms with Gasteiger partial charge in [0.1, 0.15) is 22.7 Å². The molecule has 0 aliphatic heterocycles. The lowest BCUT2D eigenvalue weighted by Gasteiger charge is -2.08. The van der Waals surface area contributed by atoms with Crippen molar-refractivity contribution in [3.05, 3.63) is 72.2 Å². The molecule has 0 saturated heterocycles. The Morgan fingerprint density at radius 1 is 0.421 bits per heavy atom. The molecule has 0 fully saturated rings. The van der Waals surface area contributed by atoms with Crippen molar-refractivity contribution in [2.75, 3.05) is 0 Å². The van der Waals surface area contributed by atoms with E-state index in [1.807, 2.05) is 0 Å². The van der Waals surface area contributed by atoms with Crippen LogP contribution in [0, 0.1) is 0 Å². The average Bonchev–Trinajstić information content (AvgIpc) is 3.52. The summed E-state index contributed by atoms with van der Waals surface area (Å²) in [6.45, 7) is 4.53. The molecule has 0 unspecified atom stereocenters. The second-order valence-corrected chi connectivity index (χ2v) is 11.2. The van der Waals surface area contributed by atoms with E-state index >= 15 is 0 Å². The van der Waals surface area contributed by atoms with E-state index in [9.17, 15) is 0 Å². The Morgan fingerprint density at radius 3 is 1.32 bits per heavy atom. The Labute approximate surface area is 226 Å². The Balaban J connectivity index is 1.31. The van der Waals surface area contributed by atoms with Crippen LogP contribution >= 0.6 is 0 Å². The zero-order valence-corrected chi connectivity index (χ0v) is 23.1. The third-order valence-corrected chi connectivity index (χ3v) is 8.26. The number of hydrogen-bond donors (Lipinski definition) is 0. The van der Waals surface area contributed by atoms with Gasteiger partial charge in [0.2, 0.25) is 0 Å². The van der Waals surface area contributed by atoms with Gasteiger partial charge in [-0.2, -0.15) is 0 Å². The smallest absolute Gasteiger partial charge is 0.134 e. The largest absolute Gasteiger partial charge is 0.461 e. The number of fused-ring (bicyclic) bond motifs is 7. The first kappa shape index (κ1) is 25.0. The standard InChI is InChI=1S/C36H40O2/c1-3-5-7-9-11-13-29-21-27-19-25-15-17-32-31(33(25)23-35(27)37-29)18-16-26-20-28-22-30(14-12-10-8-6-4-2)38-36(28)24-34(26)32/h15-24H,3-14H2,1-2H3. The minimum Gasteiger partial charge on any atom is -0.461 e. The number of aryl methyl sites for hydroxylation is 2. The minimum atomic E-state index is 0.999. The van der Waals surface area contributed by atoms with Gasteiger partial charge in [-0.3, -0.25) is 0 Å². The summed E-state index contributed by atoms with van der Waals surface area (Å²) in [5.41, 5.74) is 2.00. The van der Waals surface area contributed by atoms with E-state index in [1.54, 1.807) is 0 Å². The predicted molar refractivity (Wildman–Crippen MR) is 163 cm³/mol. The van der Waals surface area contributed by atoms with Gasteiger partial charge in [-0.05, 0) is 81.6 Å². The van der Waals surface area contributed by atoms with Gasteiger partial charge < -0.3 is 8.83 Å². The lowest BCUT2D eigenvalue weighted by Crippen LogP contribution is -1.82. The monoisotopic (exact) mass is 504 g/mol. The molecular formula is C36H40O2. The molecule has 2 heteroatoms. The third kappa shape index (κ3) is 5.06. The molecule has 0 amide bonds. The van der Waals surface area contributed by atoms with Crippen molar-refractivity contribution in [2.24, 2.45) is 0 Å². The normalized spacial score (nSPS) is 12.2. The number of unbranched alkanes of at least 4 members (excludes halogenated alkanes) is 8. The number of hydrogen-bond acceptors (Lipinski definition) is 2. The quantitative estimate of drug-likeness (QED) is 0.122. The molecule has 2 aromatic heterocycles. The minimum absolute atomic E-state index is 0.999. The van der Waals surface area contributed by atoms with Crippen LogP contribution in [0.2, 0.25) is 0 Å². The van der Waals surface area contributed by atoms with Gasteiger partial charge in [-0.15, -0.1) is 0 Å². The van der Waals surface area contributed by atoms with Crippen LogP contribution < -0.4 is 0 Å². The van der Waals surface area contributed by atoms with Gasteiger partial charge in [-0.1, -0.05) is 89.5 Å². The summed E-state index contributed by atoms with van der Waals surface area (Å²) in [7, 11) is 0. The summed E-state index contributed by atoms with van der Waals surface area (Å²) >= 11 is 0. The van der Waals surface area contributed by atoms with Crippen molar-refractivity contribution in [1.82, 2.24) is 0 Å². The molecule has 4 aromatic carbocycles. The zero-order valence-electron chi connectivity index (χ0n) is 23.1. The molecule has 0 saturated carbocycles. The average molecular weight is 505 g/mol. The number of rotatable bonds is 12. The zero-order chi connectivity index (χ0) is 25.9. The fraction of sp³-hybridized carbons (Fsp3) is 0.389. The van der Waals surface area contributed by atoms with Crippen LogP contribution in [0.25, 0.3) is 54.3 Å². The topological polar surface area (TPSA) is 26.3 Å². The van der Waals surface area contributed by atoms with E-state index < -0.39 is 0 Å². The van der Waals surface area contributed by atoms with Crippen molar-refractivity contribution in [2.45, 2.75) is 90.9 Å². The first-order valence-electron chi connectivity index (χ1n) is 15.0. The highest BCUT2D eigenvalue weighted by Crippen LogP contribution is 2.36. The fourth-order valence-electron chi connectivity index (χ4n) is 6.11. The molecular weight excluding hydrogens is 464 g/mol. The predicted octanol–water partition coefficient (Wildman–Crippen LogP) is 11.7. The maximum absolute atomic E-state index is 6.32. The van der Waals surface area contributed by atoms with E-state index in [0.717, 1.165) is 35.5 Å². The summed E-state index contributed by atoms with van der Waals surface area (Å²) in [6, 6.07) is 22.7. The Hall–Kier alpha value is -3.26. The summed E-state index contributed by atoms with van der Waals surface area (Å²) in [5, 5.41) is 10.0. The molecule has 6 rings (SSSR count). The number of furan rings is 2.